The molecule has 2 amide bonds. The van der Waals surface area contributed by atoms with Crippen LogP contribution in [0, 0.1) is 31.6 Å². The summed E-state index contributed by atoms with van der Waals surface area (Å²) in [6.45, 7) is 5.55. The largest absolute Gasteiger partial charge is 0.507 e. The third-order valence-corrected chi connectivity index (χ3v) is 9.26. The van der Waals surface area contributed by atoms with Gasteiger partial charge in [0, 0.05) is 27.5 Å². The average Bonchev–Trinajstić information content (AvgIpc) is 3.47. The van der Waals surface area contributed by atoms with Crippen molar-refractivity contribution in [3.63, 3.8) is 0 Å². The Kier molecular flexibility index (Phi) is 5.46. The monoisotopic (exact) mass is 513 g/mol. The minimum Gasteiger partial charge on any atom is -0.507 e. The fourth-order valence-corrected chi connectivity index (χ4v) is 7.37. The van der Waals surface area contributed by atoms with Gasteiger partial charge in [-0.05, 0) is 73.7 Å². The molecule has 6 rings (SSSR count). The standard InChI is InChI=1S/C30H27NO5S/c1-14-9-17(10-15(2)27(14)33)24-19-6-7-20-25(30(36)31(29(20)35)13-18-5-4-8-37-18)21(19)12-22-23(32)11-16(3)28(34)26(22)24/h4-6,8-11,20-21,24-25,33H,7,12-13H2,1-3H3. The number of rotatable bonds is 3. The summed E-state index contributed by atoms with van der Waals surface area (Å²) in [4.78, 5) is 56.2. The Labute approximate surface area is 219 Å². The number of amides is 2. The van der Waals surface area contributed by atoms with Crippen molar-refractivity contribution in [3.8, 4) is 5.75 Å². The van der Waals surface area contributed by atoms with Gasteiger partial charge < -0.3 is 5.11 Å². The van der Waals surface area contributed by atoms with Gasteiger partial charge in [0.05, 0.1) is 18.4 Å². The molecule has 1 saturated heterocycles. The van der Waals surface area contributed by atoms with E-state index in [1.807, 2.05) is 49.6 Å². The SMILES string of the molecule is CC1=CC(=O)C2=C(C1=O)C(c1cc(C)c(O)c(C)c1)C1=CCC3C(=O)N(Cc4cccs4)C(=O)C3C1C2. The molecule has 4 aliphatic rings. The number of carbonyl (C=O) groups excluding carboxylic acids is 4. The van der Waals surface area contributed by atoms with Gasteiger partial charge in [-0.25, -0.2) is 0 Å². The van der Waals surface area contributed by atoms with E-state index in [9.17, 15) is 24.3 Å². The van der Waals surface area contributed by atoms with E-state index in [1.165, 1.54) is 22.3 Å². The van der Waals surface area contributed by atoms with Crippen molar-refractivity contribution in [3.05, 3.63) is 85.7 Å². The molecule has 1 fully saturated rings. The lowest BCUT2D eigenvalue weighted by atomic mass is 9.59. The lowest BCUT2D eigenvalue weighted by molar-refractivity contribution is -0.140. The zero-order chi connectivity index (χ0) is 26.2. The van der Waals surface area contributed by atoms with Crippen molar-refractivity contribution in [2.24, 2.45) is 17.8 Å². The minimum absolute atomic E-state index is 0.155. The summed E-state index contributed by atoms with van der Waals surface area (Å²) in [5.74, 6) is -2.36. The summed E-state index contributed by atoms with van der Waals surface area (Å²) in [6, 6.07) is 7.55. The number of likely N-dealkylation sites (tertiary alicyclic amines) is 1. The van der Waals surface area contributed by atoms with Crippen LogP contribution in [0.5, 0.6) is 5.75 Å². The van der Waals surface area contributed by atoms with Gasteiger partial charge in [-0.15, -0.1) is 11.3 Å². The maximum atomic E-state index is 13.8. The first-order valence-corrected chi connectivity index (χ1v) is 13.4. The van der Waals surface area contributed by atoms with Crippen molar-refractivity contribution in [2.75, 3.05) is 0 Å². The summed E-state index contributed by atoms with van der Waals surface area (Å²) in [6.07, 6.45) is 4.12. The Bertz CT molecular complexity index is 1470. The normalized spacial score (nSPS) is 27.2. The summed E-state index contributed by atoms with van der Waals surface area (Å²) in [7, 11) is 0. The Balaban J connectivity index is 1.48. The molecular formula is C30H27NO5S. The Morgan fingerprint density at radius 1 is 1.03 bits per heavy atom. The van der Waals surface area contributed by atoms with Crippen LogP contribution in [0.25, 0.3) is 0 Å². The molecule has 0 bridgehead atoms. The first kappa shape index (κ1) is 23.8. The molecule has 188 valence electrons. The van der Waals surface area contributed by atoms with Gasteiger partial charge in [-0.3, -0.25) is 24.1 Å². The molecule has 2 aromatic rings. The topological polar surface area (TPSA) is 91.8 Å². The maximum absolute atomic E-state index is 13.8. The number of hydrogen-bond donors (Lipinski definition) is 1. The Hall–Kier alpha value is -3.58. The molecule has 1 aromatic carbocycles. The summed E-state index contributed by atoms with van der Waals surface area (Å²) >= 11 is 1.51. The van der Waals surface area contributed by atoms with E-state index in [-0.39, 0.29) is 48.0 Å². The number of hydrogen-bond acceptors (Lipinski definition) is 6. The van der Waals surface area contributed by atoms with Crippen LogP contribution in [0.4, 0.5) is 0 Å². The Morgan fingerprint density at radius 2 is 1.76 bits per heavy atom. The maximum Gasteiger partial charge on any atom is 0.234 e. The zero-order valence-electron chi connectivity index (χ0n) is 20.9. The van der Waals surface area contributed by atoms with Crippen LogP contribution in [0.2, 0.25) is 0 Å². The van der Waals surface area contributed by atoms with Crippen molar-refractivity contribution in [1.29, 1.82) is 0 Å². The second-order valence-corrected chi connectivity index (χ2v) is 11.6. The summed E-state index contributed by atoms with van der Waals surface area (Å²) < 4.78 is 0. The van der Waals surface area contributed by atoms with E-state index in [4.69, 9.17) is 0 Å². The molecule has 2 heterocycles. The highest BCUT2D eigenvalue weighted by Gasteiger charge is 2.56. The van der Waals surface area contributed by atoms with Crippen LogP contribution in [0.15, 0.2) is 64.1 Å². The number of Topliss-reactive ketones (excluding diaryl/α,β-unsaturated/α-hetero) is 1. The fraction of sp³-hybridized carbons (Fsp3) is 0.333. The van der Waals surface area contributed by atoms with Crippen molar-refractivity contribution < 1.29 is 24.3 Å². The van der Waals surface area contributed by atoms with Gasteiger partial charge in [0.15, 0.2) is 11.6 Å². The number of phenolic OH excluding ortho intramolecular Hbond substituents is 1. The molecule has 1 aromatic heterocycles. The molecule has 1 aliphatic heterocycles. The second-order valence-electron chi connectivity index (χ2n) is 10.6. The van der Waals surface area contributed by atoms with E-state index in [1.54, 1.807) is 6.92 Å². The van der Waals surface area contributed by atoms with Crippen LogP contribution >= 0.6 is 11.3 Å². The number of phenols is 1. The van der Waals surface area contributed by atoms with E-state index >= 15 is 0 Å². The molecule has 0 radical (unpaired) electrons. The van der Waals surface area contributed by atoms with Gasteiger partial charge in [0.2, 0.25) is 11.8 Å². The number of carbonyl (C=O) groups is 4. The molecule has 6 nitrogen and oxygen atoms in total. The lowest BCUT2D eigenvalue weighted by Gasteiger charge is -2.42. The number of fused-ring (bicyclic) bond motifs is 3. The molecule has 37 heavy (non-hydrogen) atoms. The summed E-state index contributed by atoms with van der Waals surface area (Å²) in [5.41, 5.74) is 4.45. The van der Waals surface area contributed by atoms with E-state index in [0.29, 0.717) is 34.3 Å². The highest BCUT2D eigenvalue weighted by Crippen LogP contribution is 2.55. The number of benzene rings is 1. The molecule has 3 aliphatic carbocycles. The Morgan fingerprint density at radius 3 is 2.43 bits per heavy atom. The van der Waals surface area contributed by atoms with Gasteiger partial charge in [-0.2, -0.15) is 0 Å². The third-order valence-electron chi connectivity index (χ3n) is 8.40. The van der Waals surface area contributed by atoms with Crippen LogP contribution < -0.4 is 0 Å². The first-order valence-electron chi connectivity index (χ1n) is 12.6. The van der Waals surface area contributed by atoms with E-state index < -0.39 is 17.8 Å². The smallest absolute Gasteiger partial charge is 0.234 e. The van der Waals surface area contributed by atoms with Crippen molar-refractivity contribution >= 4 is 34.7 Å². The van der Waals surface area contributed by atoms with Crippen molar-refractivity contribution in [1.82, 2.24) is 4.90 Å². The quantitative estimate of drug-likeness (QED) is 0.365. The van der Waals surface area contributed by atoms with Crippen LogP contribution in [-0.4, -0.2) is 33.4 Å². The first-order chi connectivity index (χ1) is 17.7. The van der Waals surface area contributed by atoms with Gasteiger partial charge in [0.25, 0.3) is 0 Å². The minimum atomic E-state index is -0.557. The highest BCUT2D eigenvalue weighted by molar-refractivity contribution is 7.09. The predicted molar refractivity (Wildman–Crippen MR) is 139 cm³/mol. The molecule has 7 heteroatoms. The molecule has 0 spiro atoms. The molecule has 0 saturated carbocycles. The highest BCUT2D eigenvalue weighted by atomic mass is 32.1. The number of allylic oxidation sites excluding steroid dienone is 6. The van der Waals surface area contributed by atoms with Gasteiger partial charge >= 0.3 is 0 Å². The number of imide groups is 1. The molecule has 1 N–H and O–H groups in total. The van der Waals surface area contributed by atoms with E-state index in [0.717, 1.165) is 16.0 Å². The van der Waals surface area contributed by atoms with Crippen LogP contribution in [-0.2, 0) is 25.7 Å². The van der Waals surface area contributed by atoms with Crippen molar-refractivity contribution in [2.45, 2.75) is 46.1 Å². The number of aromatic hydroxyl groups is 1. The van der Waals surface area contributed by atoms with Gasteiger partial charge in [-0.1, -0.05) is 29.8 Å². The molecule has 4 unspecified atom stereocenters. The molecular weight excluding hydrogens is 486 g/mol. The second kappa shape index (κ2) is 8.48. The number of aryl methyl sites for hydroxylation is 2. The lowest BCUT2D eigenvalue weighted by Crippen LogP contribution is -2.39. The zero-order valence-corrected chi connectivity index (χ0v) is 21.7. The molecule has 4 atom stereocenters. The third kappa shape index (κ3) is 3.51. The predicted octanol–water partition coefficient (Wildman–Crippen LogP) is 4.70. The van der Waals surface area contributed by atoms with Crippen LogP contribution in [0.1, 0.15) is 47.3 Å². The summed E-state index contributed by atoms with van der Waals surface area (Å²) in [5, 5.41) is 12.3. The van der Waals surface area contributed by atoms with Crippen LogP contribution in [0.3, 0.4) is 0 Å². The van der Waals surface area contributed by atoms with E-state index in [2.05, 4.69) is 0 Å². The fourth-order valence-electron chi connectivity index (χ4n) is 6.68. The number of ketones is 2. The number of nitrogens with zero attached hydrogens (tertiary/aromatic N) is 1. The number of thiophene rings is 1. The van der Waals surface area contributed by atoms with Gasteiger partial charge in [0.1, 0.15) is 5.75 Å². The average molecular weight is 514 g/mol.